The van der Waals surface area contributed by atoms with Gasteiger partial charge in [-0.05, 0) is 35.8 Å². The van der Waals surface area contributed by atoms with Crippen molar-refractivity contribution in [1.82, 2.24) is 9.55 Å². The normalized spacial score (nSPS) is 12.2. The number of halogens is 1. The predicted molar refractivity (Wildman–Crippen MR) is 84.4 cm³/mol. The topological polar surface area (TPSA) is 20.7 Å². The Labute approximate surface area is 125 Å². The molecule has 2 aromatic heterocycles. The highest BCUT2D eigenvalue weighted by atomic mass is 32.1. The zero-order valence-corrected chi connectivity index (χ0v) is 12.9. The number of imidazole rings is 1. The van der Waals surface area contributed by atoms with Crippen LogP contribution in [0.5, 0.6) is 0 Å². The van der Waals surface area contributed by atoms with Gasteiger partial charge in [-0.25, -0.2) is 4.39 Å². The summed E-state index contributed by atoms with van der Waals surface area (Å²) < 4.78 is 16.3. The molecule has 3 aromatic rings. The Kier molecular flexibility index (Phi) is 3.26. The number of hydrogen-bond acceptors (Lipinski definition) is 2. The molecule has 0 radical (unpaired) electrons. The van der Waals surface area contributed by atoms with Crippen molar-refractivity contribution in [2.45, 2.75) is 25.8 Å². The number of aromatic amines is 1. The number of hydrogen-bond donors (Lipinski definition) is 1. The third-order valence-corrected chi connectivity index (χ3v) is 5.06. The molecular formula is C15H15FN2S2. The zero-order valence-electron chi connectivity index (χ0n) is 11.3. The van der Waals surface area contributed by atoms with Crippen LogP contribution >= 0.6 is 23.6 Å². The lowest BCUT2D eigenvalue weighted by molar-refractivity contribution is 0.447. The first-order chi connectivity index (χ1) is 9.49. The van der Waals surface area contributed by atoms with Crippen molar-refractivity contribution in [1.29, 1.82) is 0 Å². The lowest BCUT2D eigenvalue weighted by Crippen LogP contribution is -2.23. The van der Waals surface area contributed by atoms with Gasteiger partial charge in [-0.3, -0.25) is 0 Å². The summed E-state index contributed by atoms with van der Waals surface area (Å²) in [6.45, 7) is 5.08. The minimum atomic E-state index is -0.263. The summed E-state index contributed by atoms with van der Waals surface area (Å²) >= 11 is 7.09. The predicted octanol–water partition coefficient (Wildman–Crippen LogP) is 4.88. The third kappa shape index (κ3) is 2.21. The summed E-state index contributed by atoms with van der Waals surface area (Å²) in [6.07, 6.45) is 0. The molecule has 5 heteroatoms. The largest absolute Gasteiger partial charge is 0.328 e. The molecule has 2 nitrogen and oxygen atoms in total. The first-order valence-corrected chi connectivity index (χ1v) is 7.69. The van der Waals surface area contributed by atoms with Crippen molar-refractivity contribution >= 4 is 34.6 Å². The fourth-order valence-electron chi connectivity index (χ4n) is 2.44. The van der Waals surface area contributed by atoms with Crippen LogP contribution in [0.2, 0.25) is 0 Å². The molecule has 1 N–H and O–H groups in total. The van der Waals surface area contributed by atoms with Crippen LogP contribution in [-0.4, -0.2) is 9.55 Å². The fraction of sp³-hybridized carbons (Fsp3) is 0.267. The average Bonchev–Trinajstić information content (AvgIpc) is 3.01. The summed E-state index contributed by atoms with van der Waals surface area (Å²) in [5.41, 5.74) is 1.26. The first-order valence-electron chi connectivity index (χ1n) is 6.40. The van der Waals surface area contributed by atoms with Crippen LogP contribution in [-0.2, 0) is 12.0 Å². The SMILES string of the molecule is CC(C)(Cn1c(=S)[nH]c2c(F)cccc21)c1cccs1. The van der Waals surface area contributed by atoms with Crippen molar-refractivity contribution in [2.24, 2.45) is 0 Å². The van der Waals surface area contributed by atoms with Crippen LogP contribution in [0.1, 0.15) is 18.7 Å². The minimum Gasteiger partial charge on any atom is -0.328 e. The molecule has 0 fully saturated rings. The van der Waals surface area contributed by atoms with Crippen LogP contribution in [0.15, 0.2) is 35.7 Å². The van der Waals surface area contributed by atoms with Gasteiger partial charge >= 0.3 is 0 Å². The summed E-state index contributed by atoms with van der Waals surface area (Å²) in [5.74, 6) is -0.263. The molecule has 3 rings (SSSR count). The van der Waals surface area contributed by atoms with Gasteiger partial charge in [0.25, 0.3) is 0 Å². The van der Waals surface area contributed by atoms with E-state index in [-0.39, 0.29) is 11.2 Å². The second kappa shape index (κ2) is 4.82. The summed E-state index contributed by atoms with van der Waals surface area (Å²) in [6, 6.07) is 9.24. The van der Waals surface area contributed by atoms with Gasteiger partial charge < -0.3 is 9.55 Å². The second-order valence-electron chi connectivity index (χ2n) is 5.51. The van der Waals surface area contributed by atoms with Crippen LogP contribution in [0.4, 0.5) is 4.39 Å². The molecule has 20 heavy (non-hydrogen) atoms. The highest BCUT2D eigenvalue weighted by molar-refractivity contribution is 7.71. The van der Waals surface area contributed by atoms with E-state index in [2.05, 4.69) is 36.3 Å². The third-order valence-electron chi connectivity index (χ3n) is 3.50. The van der Waals surface area contributed by atoms with Crippen LogP contribution < -0.4 is 0 Å². The maximum atomic E-state index is 13.8. The van der Waals surface area contributed by atoms with Crippen molar-refractivity contribution in [3.8, 4) is 0 Å². The van der Waals surface area contributed by atoms with Gasteiger partial charge in [0.2, 0.25) is 0 Å². The van der Waals surface area contributed by atoms with E-state index in [0.717, 1.165) is 12.1 Å². The van der Waals surface area contributed by atoms with E-state index in [0.29, 0.717) is 10.3 Å². The van der Waals surface area contributed by atoms with Gasteiger partial charge in [-0.1, -0.05) is 26.0 Å². The molecule has 0 atom stereocenters. The number of aromatic nitrogens is 2. The van der Waals surface area contributed by atoms with Crippen LogP contribution in [0, 0.1) is 10.6 Å². The Morgan fingerprint density at radius 3 is 2.80 bits per heavy atom. The van der Waals surface area contributed by atoms with Crippen LogP contribution in [0.25, 0.3) is 11.0 Å². The Bertz CT molecular complexity index is 797. The van der Waals surface area contributed by atoms with Gasteiger partial charge in [-0.2, -0.15) is 0 Å². The van der Waals surface area contributed by atoms with E-state index in [1.807, 2.05) is 10.6 Å². The molecule has 0 bridgehead atoms. The summed E-state index contributed by atoms with van der Waals surface area (Å²) in [7, 11) is 0. The molecule has 0 aliphatic carbocycles. The summed E-state index contributed by atoms with van der Waals surface area (Å²) in [4.78, 5) is 4.27. The molecule has 104 valence electrons. The van der Waals surface area contributed by atoms with Gasteiger partial charge in [0, 0.05) is 16.8 Å². The number of fused-ring (bicyclic) bond motifs is 1. The number of H-pyrrole nitrogens is 1. The van der Waals surface area contributed by atoms with Gasteiger partial charge in [0.1, 0.15) is 11.3 Å². The van der Waals surface area contributed by atoms with E-state index in [4.69, 9.17) is 12.2 Å². The number of thiophene rings is 1. The number of para-hydroxylation sites is 1. The molecule has 1 aromatic carbocycles. The highest BCUT2D eigenvalue weighted by Gasteiger charge is 2.24. The maximum absolute atomic E-state index is 13.8. The molecule has 0 aliphatic rings. The molecule has 0 amide bonds. The van der Waals surface area contributed by atoms with E-state index >= 15 is 0 Å². The Morgan fingerprint density at radius 1 is 1.30 bits per heavy atom. The molecule has 0 saturated carbocycles. The summed E-state index contributed by atoms with van der Waals surface area (Å²) in [5, 5.41) is 2.07. The second-order valence-corrected chi connectivity index (χ2v) is 6.85. The highest BCUT2D eigenvalue weighted by Crippen LogP contribution is 2.30. The minimum absolute atomic E-state index is 0.0478. The van der Waals surface area contributed by atoms with E-state index in [1.54, 1.807) is 17.4 Å². The molecule has 0 aliphatic heterocycles. The lowest BCUT2D eigenvalue weighted by Gasteiger charge is -2.24. The maximum Gasteiger partial charge on any atom is 0.178 e. The van der Waals surface area contributed by atoms with Crippen LogP contribution in [0.3, 0.4) is 0 Å². The standard InChI is InChI=1S/C15H15FN2S2/c1-15(2,12-7-4-8-20-12)9-18-11-6-3-5-10(16)13(11)17-14(18)19/h3-8H,9H2,1-2H3,(H,17,19). The number of rotatable bonds is 3. The van der Waals surface area contributed by atoms with Crippen molar-refractivity contribution in [2.75, 3.05) is 0 Å². The van der Waals surface area contributed by atoms with E-state index in [1.165, 1.54) is 10.9 Å². The Hall–Kier alpha value is -1.46. The molecule has 0 unspecified atom stereocenters. The number of benzene rings is 1. The lowest BCUT2D eigenvalue weighted by atomic mass is 9.91. The van der Waals surface area contributed by atoms with E-state index in [9.17, 15) is 4.39 Å². The Morgan fingerprint density at radius 2 is 2.10 bits per heavy atom. The van der Waals surface area contributed by atoms with Crippen molar-refractivity contribution in [3.05, 3.63) is 51.2 Å². The van der Waals surface area contributed by atoms with Gasteiger partial charge in [-0.15, -0.1) is 11.3 Å². The number of nitrogens with one attached hydrogen (secondary N) is 1. The van der Waals surface area contributed by atoms with Crippen molar-refractivity contribution in [3.63, 3.8) is 0 Å². The zero-order chi connectivity index (χ0) is 14.3. The first kappa shape index (κ1) is 13.5. The Balaban J connectivity index is 2.10. The quantitative estimate of drug-likeness (QED) is 0.684. The van der Waals surface area contributed by atoms with Crippen molar-refractivity contribution < 1.29 is 4.39 Å². The monoisotopic (exact) mass is 306 g/mol. The van der Waals surface area contributed by atoms with Gasteiger partial charge in [0.15, 0.2) is 4.77 Å². The molecule has 2 heterocycles. The smallest absolute Gasteiger partial charge is 0.178 e. The molecule has 0 spiro atoms. The average molecular weight is 306 g/mol. The van der Waals surface area contributed by atoms with Gasteiger partial charge in [0.05, 0.1) is 5.52 Å². The molecular weight excluding hydrogens is 291 g/mol. The number of nitrogens with zero attached hydrogens (tertiary/aromatic N) is 1. The fourth-order valence-corrected chi connectivity index (χ4v) is 3.55. The van der Waals surface area contributed by atoms with E-state index < -0.39 is 0 Å². The molecule has 0 saturated heterocycles.